The van der Waals surface area contributed by atoms with Gasteiger partial charge in [-0.2, -0.15) is 0 Å². The van der Waals surface area contributed by atoms with Gasteiger partial charge in [-0.3, -0.25) is 0 Å². The zero-order chi connectivity index (χ0) is 12.3. The summed E-state index contributed by atoms with van der Waals surface area (Å²) in [5.74, 6) is 0.683. The fraction of sp³-hybridized carbons (Fsp3) is 0.467. The number of hydrogen-bond donors (Lipinski definition) is 1. The zero-order valence-corrected chi connectivity index (χ0v) is 11.0. The summed E-state index contributed by atoms with van der Waals surface area (Å²) in [6, 6.07) is 8.71. The predicted molar refractivity (Wildman–Crippen MR) is 74.4 cm³/mol. The van der Waals surface area contributed by atoms with Gasteiger partial charge in [0, 0.05) is 23.6 Å². The molecule has 17 heavy (non-hydrogen) atoms. The molecule has 0 spiro atoms. The summed E-state index contributed by atoms with van der Waals surface area (Å²) in [6.45, 7) is 6.67. The number of benzene rings is 1. The Bertz CT molecular complexity index is 483. The Labute approximate surface area is 104 Å². The molecular formula is C15H22N2. The van der Waals surface area contributed by atoms with Gasteiger partial charge in [0.2, 0.25) is 0 Å². The molecule has 1 heterocycles. The van der Waals surface area contributed by atoms with Crippen molar-refractivity contribution in [3.63, 3.8) is 0 Å². The van der Waals surface area contributed by atoms with E-state index in [1.165, 1.54) is 16.5 Å². The van der Waals surface area contributed by atoms with Crippen LogP contribution in [0.5, 0.6) is 0 Å². The normalized spacial score (nSPS) is 11.5. The molecule has 2 rings (SSSR count). The summed E-state index contributed by atoms with van der Waals surface area (Å²) in [7, 11) is 2.01. The number of fused-ring (bicyclic) bond motifs is 1. The second kappa shape index (κ2) is 5.37. The smallest absolute Gasteiger partial charge is 0.0483 e. The average molecular weight is 230 g/mol. The number of likely N-dealkylation sites (N-methyl/N-ethyl adjacent to an activating group) is 1. The highest BCUT2D eigenvalue weighted by atomic mass is 15.0. The monoisotopic (exact) mass is 230 g/mol. The highest BCUT2D eigenvalue weighted by Crippen LogP contribution is 2.22. The van der Waals surface area contributed by atoms with E-state index < -0.39 is 0 Å². The van der Waals surface area contributed by atoms with E-state index in [4.69, 9.17) is 0 Å². The van der Waals surface area contributed by atoms with Crippen LogP contribution in [-0.2, 0) is 13.0 Å². The van der Waals surface area contributed by atoms with Crippen LogP contribution in [0, 0.1) is 5.92 Å². The summed E-state index contributed by atoms with van der Waals surface area (Å²) in [6.07, 6.45) is 3.42. The summed E-state index contributed by atoms with van der Waals surface area (Å²) in [5, 5.41) is 4.63. The quantitative estimate of drug-likeness (QED) is 0.835. The minimum absolute atomic E-state index is 0.683. The lowest BCUT2D eigenvalue weighted by Gasteiger charge is -2.07. The van der Waals surface area contributed by atoms with Crippen molar-refractivity contribution >= 4 is 10.9 Å². The van der Waals surface area contributed by atoms with E-state index in [0.717, 1.165) is 19.5 Å². The zero-order valence-electron chi connectivity index (χ0n) is 11.0. The van der Waals surface area contributed by atoms with Gasteiger partial charge in [-0.1, -0.05) is 32.0 Å². The van der Waals surface area contributed by atoms with Crippen molar-refractivity contribution in [3.05, 3.63) is 36.0 Å². The predicted octanol–water partition coefficient (Wildman–Crippen LogP) is 3.06. The first-order valence-corrected chi connectivity index (χ1v) is 6.43. The second-order valence-electron chi connectivity index (χ2n) is 5.07. The van der Waals surface area contributed by atoms with Crippen molar-refractivity contribution < 1.29 is 0 Å². The van der Waals surface area contributed by atoms with Gasteiger partial charge in [0.05, 0.1) is 0 Å². The van der Waals surface area contributed by atoms with E-state index in [0.29, 0.717) is 5.92 Å². The summed E-state index contributed by atoms with van der Waals surface area (Å²) >= 11 is 0. The molecule has 0 aliphatic carbocycles. The standard InChI is InChI=1S/C15H22N2/c1-12(2)10-17-11-13(8-9-16-3)14-6-4-5-7-15(14)17/h4-7,11-12,16H,8-10H2,1-3H3. The molecule has 0 saturated heterocycles. The molecule has 0 atom stereocenters. The van der Waals surface area contributed by atoms with Gasteiger partial charge in [0.1, 0.15) is 0 Å². The fourth-order valence-corrected chi connectivity index (χ4v) is 2.33. The molecule has 0 unspecified atom stereocenters. The van der Waals surface area contributed by atoms with Crippen LogP contribution in [0.1, 0.15) is 19.4 Å². The topological polar surface area (TPSA) is 17.0 Å². The molecule has 0 aliphatic rings. The van der Waals surface area contributed by atoms with Gasteiger partial charge in [-0.15, -0.1) is 0 Å². The Morgan fingerprint density at radius 3 is 2.71 bits per heavy atom. The van der Waals surface area contributed by atoms with Crippen molar-refractivity contribution in [2.75, 3.05) is 13.6 Å². The molecule has 0 saturated carbocycles. The highest BCUT2D eigenvalue weighted by molar-refractivity contribution is 5.84. The Morgan fingerprint density at radius 2 is 2.00 bits per heavy atom. The van der Waals surface area contributed by atoms with Gasteiger partial charge in [0.25, 0.3) is 0 Å². The van der Waals surface area contributed by atoms with Gasteiger partial charge >= 0.3 is 0 Å². The van der Waals surface area contributed by atoms with Crippen molar-refractivity contribution in [2.24, 2.45) is 5.92 Å². The third-order valence-electron chi connectivity index (χ3n) is 3.08. The fourth-order valence-electron chi connectivity index (χ4n) is 2.33. The lowest BCUT2D eigenvalue weighted by molar-refractivity contribution is 0.534. The number of aromatic nitrogens is 1. The van der Waals surface area contributed by atoms with Crippen molar-refractivity contribution in [2.45, 2.75) is 26.8 Å². The summed E-state index contributed by atoms with van der Waals surface area (Å²) < 4.78 is 2.39. The van der Waals surface area contributed by atoms with Crippen molar-refractivity contribution in [1.29, 1.82) is 0 Å². The minimum atomic E-state index is 0.683. The molecule has 0 radical (unpaired) electrons. The summed E-state index contributed by atoms with van der Waals surface area (Å²) in [5.41, 5.74) is 2.82. The summed E-state index contributed by atoms with van der Waals surface area (Å²) in [4.78, 5) is 0. The SMILES string of the molecule is CNCCc1cn(CC(C)C)c2ccccc12. The molecule has 92 valence electrons. The van der Waals surface area contributed by atoms with E-state index in [-0.39, 0.29) is 0 Å². The first kappa shape index (κ1) is 12.2. The maximum atomic E-state index is 3.22. The maximum absolute atomic E-state index is 3.22. The van der Waals surface area contributed by atoms with Crippen LogP contribution < -0.4 is 5.32 Å². The van der Waals surface area contributed by atoms with Crippen molar-refractivity contribution in [1.82, 2.24) is 9.88 Å². The molecule has 1 aromatic heterocycles. The number of para-hydroxylation sites is 1. The van der Waals surface area contributed by atoms with Crippen LogP contribution in [0.2, 0.25) is 0 Å². The molecule has 2 aromatic rings. The van der Waals surface area contributed by atoms with Crippen LogP contribution in [0.25, 0.3) is 10.9 Å². The molecule has 2 heteroatoms. The first-order chi connectivity index (χ1) is 8.22. The molecule has 0 fully saturated rings. The lowest BCUT2D eigenvalue weighted by atomic mass is 10.1. The molecule has 0 aliphatic heterocycles. The number of rotatable bonds is 5. The van der Waals surface area contributed by atoms with E-state index >= 15 is 0 Å². The second-order valence-corrected chi connectivity index (χ2v) is 5.07. The molecule has 0 amide bonds. The average Bonchev–Trinajstić information content (AvgIpc) is 2.65. The number of nitrogens with one attached hydrogen (secondary N) is 1. The van der Waals surface area contributed by atoms with Crippen LogP contribution in [0.4, 0.5) is 0 Å². The van der Waals surface area contributed by atoms with E-state index in [1.54, 1.807) is 0 Å². The van der Waals surface area contributed by atoms with Crippen LogP contribution in [0.15, 0.2) is 30.5 Å². The number of nitrogens with zero attached hydrogens (tertiary/aromatic N) is 1. The third-order valence-corrected chi connectivity index (χ3v) is 3.08. The van der Waals surface area contributed by atoms with E-state index in [9.17, 15) is 0 Å². The first-order valence-electron chi connectivity index (χ1n) is 6.43. The van der Waals surface area contributed by atoms with Crippen molar-refractivity contribution in [3.8, 4) is 0 Å². The Kier molecular flexibility index (Phi) is 3.85. The largest absolute Gasteiger partial charge is 0.347 e. The molecule has 0 bridgehead atoms. The Balaban J connectivity index is 2.39. The van der Waals surface area contributed by atoms with E-state index in [1.807, 2.05) is 7.05 Å². The maximum Gasteiger partial charge on any atom is 0.0483 e. The molecule has 1 N–H and O–H groups in total. The molecule has 1 aromatic carbocycles. The van der Waals surface area contributed by atoms with Gasteiger partial charge in [-0.25, -0.2) is 0 Å². The highest BCUT2D eigenvalue weighted by Gasteiger charge is 2.08. The Hall–Kier alpha value is -1.28. The number of hydrogen-bond acceptors (Lipinski definition) is 1. The lowest BCUT2D eigenvalue weighted by Crippen LogP contribution is -2.10. The van der Waals surface area contributed by atoms with Gasteiger partial charge in [0.15, 0.2) is 0 Å². The van der Waals surface area contributed by atoms with E-state index in [2.05, 4.69) is 54.2 Å². The minimum Gasteiger partial charge on any atom is -0.347 e. The van der Waals surface area contributed by atoms with Gasteiger partial charge < -0.3 is 9.88 Å². The molecule has 2 nitrogen and oxygen atoms in total. The van der Waals surface area contributed by atoms with Gasteiger partial charge in [-0.05, 0) is 37.6 Å². The van der Waals surface area contributed by atoms with Crippen LogP contribution in [-0.4, -0.2) is 18.2 Å². The third kappa shape index (κ3) is 2.70. The molecular weight excluding hydrogens is 208 g/mol. The van der Waals surface area contributed by atoms with Crippen LogP contribution >= 0.6 is 0 Å². The Morgan fingerprint density at radius 1 is 1.24 bits per heavy atom. The van der Waals surface area contributed by atoms with Crippen LogP contribution in [0.3, 0.4) is 0 Å².